The number of para-hydroxylation sites is 2. The van der Waals surface area contributed by atoms with Gasteiger partial charge in [0.1, 0.15) is 5.75 Å². The Balaban J connectivity index is 1.56. The van der Waals surface area contributed by atoms with E-state index in [0.29, 0.717) is 28.5 Å². The van der Waals surface area contributed by atoms with Gasteiger partial charge in [-0.3, -0.25) is 14.4 Å². The second kappa shape index (κ2) is 9.29. The second-order valence-electron chi connectivity index (χ2n) is 5.67. The van der Waals surface area contributed by atoms with Crippen molar-refractivity contribution in [2.24, 2.45) is 0 Å². The lowest BCUT2D eigenvalue weighted by molar-refractivity contribution is -0.136. The zero-order chi connectivity index (χ0) is 19.9. The number of ketones is 1. The summed E-state index contributed by atoms with van der Waals surface area (Å²) in [4.78, 5) is 37.9. The summed E-state index contributed by atoms with van der Waals surface area (Å²) in [6.45, 7) is 2.45. The molecule has 2 N–H and O–H groups in total. The van der Waals surface area contributed by atoms with Crippen LogP contribution in [0.3, 0.4) is 0 Å². The minimum atomic E-state index is -0.779. The Kier molecular flexibility index (Phi) is 6.57. The number of hydrogen-bond acceptors (Lipinski definition) is 6. The first kappa shape index (κ1) is 19.8. The third-order valence-electron chi connectivity index (χ3n) is 3.73. The number of hydrogen-bond donors (Lipinski definition) is 2. The van der Waals surface area contributed by atoms with Crippen LogP contribution in [-0.4, -0.2) is 24.2 Å². The topological polar surface area (TPSA) is 84.5 Å². The second-order valence-corrected chi connectivity index (χ2v) is 7.62. The summed E-state index contributed by atoms with van der Waals surface area (Å²) >= 11 is 2.76. The number of anilines is 1. The van der Waals surface area contributed by atoms with Crippen molar-refractivity contribution in [1.82, 2.24) is 5.32 Å². The van der Waals surface area contributed by atoms with E-state index in [-0.39, 0.29) is 12.3 Å². The summed E-state index contributed by atoms with van der Waals surface area (Å²) in [5, 5.41) is 8.77. The van der Waals surface area contributed by atoms with Gasteiger partial charge in [-0.15, -0.1) is 11.3 Å². The standard InChI is InChI=1S/C20H18N2O4S2/c1-2-26-16-6-4-3-5-15(16)22-20(25)19(24)21-11-14-7-8-17(28-14)18(23)13-9-10-27-12-13/h3-10,12H,2,11H2,1H3,(H,21,24)(H,22,25). The van der Waals surface area contributed by atoms with Gasteiger partial charge in [-0.25, -0.2) is 0 Å². The zero-order valence-electron chi connectivity index (χ0n) is 15.1. The van der Waals surface area contributed by atoms with E-state index in [1.165, 1.54) is 22.7 Å². The predicted molar refractivity (Wildman–Crippen MR) is 110 cm³/mol. The molecule has 0 aliphatic carbocycles. The van der Waals surface area contributed by atoms with E-state index in [1.54, 1.807) is 47.8 Å². The fourth-order valence-corrected chi connectivity index (χ4v) is 3.95. The van der Waals surface area contributed by atoms with Gasteiger partial charge in [-0.05, 0) is 42.6 Å². The van der Waals surface area contributed by atoms with Crippen molar-refractivity contribution in [3.8, 4) is 5.75 Å². The number of benzene rings is 1. The Labute approximate surface area is 170 Å². The monoisotopic (exact) mass is 414 g/mol. The van der Waals surface area contributed by atoms with Crippen molar-refractivity contribution in [2.75, 3.05) is 11.9 Å². The van der Waals surface area contributed by atoms with Crippen LogP contribution in [-0.2, 0) is 16.1 Å². The van der Waals surface area contributed by atoms with Crippen LogP contribution in [0.1, 0.15) is 27.0 Å². The van der Waals surface area contributed by atoms with Crippen molar-refractivity contribution in [3.05, 3.63) is 68.5 Å². The van der Waals surface area contributed by atoms with E-state index in [1.807, 2.05) is 12.3 Å². The Morgan fingerprint density at radius 2 is 1.86 bits per heavy atom. The average molecular weight is 415 g/mol. The van der Waals surface area contributed by atoms with Crippen LogP contribution < -0.4 is 15.4 Å². The number of nitrogens with one attached hydrogen (secondary N) is 2. The van der Waals surface area contributed by atoms with Gasteiger partial charge in [-0.1, -0.05) is 12.1 Å². The first-order chi connectivity index (χ1) is 13.6. The molecule has 0 unspecified atom stereocenters. The Morgan fingerprint density at radius 3 is 2.61 bits per heavy atom. The quantitative estimate of drug-likeness (QED) is 0.456. The molecule has 28 heavy (non-hydrogen) atoms. The maximum absolute atomic E-state index is 12.3. The van der Waals surface area contributed by atoms with E-state index in [2.05, 4.69) is 10.6 Å². The Morgan fingerprint density at radius 1 is 1.04 bits per heavy atom. The number of carbonyl (C=O) groups excluding carboxylic acids is 3. The Hall–Kier alpha value is -2.97. The van der Waals surface area contributed by atoms with Gasteiger partial charge in [0.05, 0.1) is 23.7 Å². The summed E-state index contributed by atoms with van der Waals surface area (Å²) in [5.41, 5.74) is 1.08. The number of carbonyl (C=O) groups is 3. The van der Waals surface area contributed by atoms with E-state index >= 15 is 0 Å². The van der Waals surface area contributed by atoms with Crippen LogP contribution in [0.5, 0.6) is 5.75 Å². The molecule has 8 heteroatoms. The lowest BCUT2D eigenvalue weighted by Gasteiger charge is -2.11. The molecular weight excluding hydrogens is 396 g/mol. The maximum atomic E-state index is 12.3. The summed E-state index contributed by atoms with van der Waals surface area (Å²) in [6.07, 6.45) is 0. The van der Waals surface area contributed by atoms with Crippen molar-refractivity contribution in [2.45, 2.75) is 13.5 Å². The van der Waals surface area contributed by atoms with Crippen LogP contribution in [0.2, 0.25) is 0 Å². The molecule has 3 aromatic rings. The molecular formula is C20H18N2O4S2. The van der Waals surface area contributed by atoms with Gasteiger partial charge >= 0.3 is 11.8 Å². The molecule has 1 aromatic carbocycles. The summed E-state index contributed by atoms with van der Waals surface area (Å²) in [5.74, 6) is -1.08. The third-order valence-corrected chi connectivity index (χ3v) is 5.50. The molecule has 0 bridgehead atoms. The van der Waals surface area contributed by atoms with Crippen LogP contribution in [0.15, 0.2) is 53.2 Å². The van der Waals surface area contributed by atoms with Crippen molar-refractivity contribution in [1.29, 1.82) is 0 Å². The average Bonchev–Trinajstić information content (AvgIpc) is 3.39. The molecule has 0 saturated heterocycles. The zero-order valence-corrected chi connectivity index (χ0v) is 16.7. The number of amides is 2. The molecule has 0 aliphatic rings. The van der Waals surface area contributed by atoms with Gasteiger partial charge in [0.2, 0.25) is 5.78 Å². The van der Waals surface area contributed by atoms with Crippen LogP contribution in [0.4, 0.5) is 5.69 Å². The molecule has 2 heterocycles. The first-order valence-corrected chi connectivity index (χ1v) is 10.3. The molecule has 0 atom stereocenters. The molecule has 0 spiro atoms. The highest BCUT2D eigenvalue weighted by Crippen LogP contribution is 2.24. The van der Waals surface area contributed by atoms with Crippen molar-refractivity contribution < 1.29 is 19.1 Å². The lowest BCUT2D eigenvalue weighted by Crippen LogP contribution is -2.34. The molecule has 0 saturated carbocycles. The van der Waals surface area contributed by atoms with Crippen molar-refractivity contribution in [3.63, 3.8) is 0 Å². The molecule has 6 nitrogen and oxygen atoms in total. The molecule has 0 radical (unpaired) electrons. The third kappa shape index (κ3) is 4.85. The number of ether oxygens (including phenoxy) is 1. The normalized spacial score (nSPS) is 10.3. The predicted octanol–water partition coefficient (Wildman–Crippen LogP) is 3.69. The molecule has 144 valence electrons. The summed E-state index contributed by atoms with van der Waals surface area (Å²) in [7, 11) is 0. The molecule has 0 fully saturated rings. The van der Waals surface area contributed by atoms with Crippen LogP contribution >= 0.6 is 22.7 Å². The molecule has 3 rings (SSSR count). The smallest absolute Gasteiger partial charge is 0.313 e. The lowest BCUT2D eigenvalue weighted by atomic mass is 10.2. The fraction of sp³-hybridized carbons (Fsp3) is 0.150. The minimum Gasteiger partial charge on any atom is -0.492 e. The highest BCUT2D eigenvalue weighted by Gasteiger charge is 2.17. The van der Waals surface area contributed by atoms with Gasteiger partial charge in [0, 0.05) is 15.8 Å². The van der Waals surface area contributed by atoms with Gasteiger partial charge in [0.25, 0.3) is 0 Å². The van der Waals surface area contributed by atoms with E-state index in [0.717, 1.165) is 4.88 Å². The van der Waals surface area contributed by atoms with E-state index in [4.69, 9.17) is 4.74 Å². The van der Waals surface area contributed by atoms with Crippen molar-refractivity contribution >= 4 is 46.0 Å². The molecule has 0 aliphatic heterocycles. The number of rotatable bonds is 7. The minimum absolute atomic E-state index is 0.0471. The van der Waals surface area contributed by atoms with Crippen LogP contribution in [0.25, 0.3) is 0 Å². The largest absolute Gasteiger partial charge is 0.492 e. The Bertz CT molecular complexity index is 980. The van der Waals surface area contributed by atoms with Crippen LogP contribution in [0, 0.1) is 0 Å². The SMILES string of the molecule is CCOc1ccccc1NC(=O)C(=O)NCc1ccc(C(=O)c2ccsc2)s1. The summed E-state index contributed by atoms with van der Waals surface area (Å²) in [6, 6.07) is 12.2. The van der Waals surface area contributed by atoms with Gasteiger partial charge in [0.15, 0.2) is 0 Å². The fourth-order valence-electron chi connectivity index (χ4n) is 2.41. The molecule has 2 aromatic heterocycles. The molecule has 2 amide bonds. The highest BCUT2D eigenvalue weighted by atomic mass is 32.1. The maximum Gasteiger partial charge on any atom is 0.313 e. The summed E-state index contributed by atoms with van der Waals surface area (Å²) < 4.78 is 5.43. The first-order valence-electron chi connectivity index (χ1n) is 8.55. The van der Waals surface area contributed by atoms with E-state index < -0.39 is 11.8 Å². The number of thiophene rings is 2. The highest BCUT2D eigenvalue weighted by molar-refractivity contribution is 7.14. The van der Waals surface area contributed by atoms with Gasteiger partial charge < -0.3 is 15.4 Å². The van der Waals surface area contributed by atoms with E-state index in [9.17, 15) is 14.4 Å². The van der Waals surface area contributed by atoms with Gasteiger partial charge in [-0.2, -0.15) is 11.3 Å².